The normalized spacial score (nSPS) is 11.0. The summed E-state index contributed by atoms with van der Waals surface area (Å²) in [5.74, 6) is 0. The predicted molar refractivity (Wildman–Crippen MR) is 64.1 cm³/mol. The van der Waals surface area contributed by atoms with Crippen LogP contribution in [-0.4, -0.2) is 0 Å². The van der Waals surface area contributed by atoms with Gasteiger partial charge in [-0.3, -0.25) is 0 Å². The van der Waals surface area contributed by atoms with Crippen molar-refractivity contribution in [1.82, 2.24) is 0 Å². The van der Waals surface area contributed by atoms with E-state index in [1.807, 2.05) is 24.3 Å². The molecule has 1 heteroatoms. The molecule has 0 saturated carbocycles. The van der Waals surface area contributed by atoms with E-state index in [1.54, 1.807) is 6.07 Å². The fourth-order valence-corrected chi connectivity index (χ4v) is 2.16. The van der Waals surface area contributed by atoms with Gasteiger partial charge in [0, 0.05) is 10.4 Å². The lowest BCUT2D eigenvalue weighted by atomic mass is 10.0. The largest absolute Gasteiger partial charge is 0.0836 e. The lowest BCUT2D eigenvalue weighted by Crippen LogP contribution is -1.78. The first-order valence-electron chi connectivity index (χ1n) is 4.74. The Balaban J connectivity index is 2.64. The van der Waals surface area contributed by atoms with Gasteiger partial charge in [-0.25, -0.2) is 0 Å². The zero-order valence-corrected chi connectivity index (χ0v) is 8.68. The first-order valence-corrected chi connectivity index (χ1v) is 5.12. The average molecular weight is 211 g/mol. The molecule has 0 unspecified atom stereocenters. The van der Waals surface area contributed by atoms with Gasteiger partial charge in [0.25, 0.3) is 0 Å². The number of benzene rings is 3. The third kappa shape index (κ3) is 1.30. The first-order chi connectivity index (χ1) is 7.36. The van der Waals surface area contributed by atoms with Gasteiger partial charge < -0.3 is 0 Å². The molecule has 0 N–H and O–H groups in total. The van der Waals surface area contributed by atoms with E-state index in [4.69, 9.17) is 11.6 Å². The van der Waals surface area contributed by atoms with Gasteiger partial charge in [-0.1, -0.05) is 35.9 Å². The second-order valence-electron chi connectivity index (χ2n) is 3.48. The van der Waals surface area contributed by atoms with Gasteiger partial charge in [-0.15, -0.1) is 0 Å². The smallest absolute Gasteiger partial charge is 0.0496 e. The van der Waals surface area contributed by atoms with Crippen LogP contribution in [0.1, 0.15) is 0 Å². The maximum atomic E-state index is 6.19. The Hall–Kier alpha value is -1.53. The Labute approximate surface area is 93.1 Å². The van der Waals surface area contributed by atoms with Crippen molar-refractivity contribution in [3.05, 3.63) is 59.6 Å². The second-order valence-corrected chi connectivity index (χ2v) is 3.89. The van der Waals surface area contributed by atoms with E-state index < -0.39 is 0 Å². The molecule has 0 amide bonds. The standard InChI is InChI=1S/C14H7Cl/c15-13-7-3-5-11-9-8-10-4-1-2-6-12(10)14(11)13/h2,4-9H. The summed E-state index contributed by atoms with van der Waals surface area (Å²) in [7, 11) is 0. The van der Waals surface area contributed by atoms with E-state index in [0.29, 0.717) is 0 Å². The van der Waals surface area contributed by atoms with Gasteiger partial charge in [0.15, 0.2) is 0 Å². The Kier molecular flexibility index (Phi) is 1.90. The van der Waals surface area contributed by atoms with Crippen LogP contribution in [-0.2, 0) is 0 Å². The van der Waals surface area contributed by atoms with Crippen LogP contribution in [0.25, 0.3) is 21.5 Å². The SMILES string of the molecule is Clc1c[c]cc2ccc3c[c]ccc3c12. The Morgan fingerprint density at radius 1 is 0.867 bits per heavy atom. The number of hydrogen-bond donors (Lipinski definition) is 0. The zero-order valence-electron chi connectivity index (χ0n) is 7.92. The molecule has 0 bridgehead atoms. The minimum Gasteiger partial charge on any atom is -0.0836 e. The van der Waals surface area contributed by atoms with Crippen LogP contribution in [0.3, 0.4) is 0 Å². The molecule has 0 spiro atoms. The average Bonchev–Trinajstić information content (AvgIpc) is 2.29. The van der Waals surface area contributed by atoms with E-state index in [-0.39, 0.29) is 0 Å². The fourth-order valence-electron chi connectivity index (χ4n) is 1.89. The third-order valence-electron chi connectivity index (χ3n) is 2.58. The van der Waals surface area contributed by atoms with Crippen molar-refractivity contribution in [3.63, 3.8) is 0 Å². The monoisotopic (exact) mass is 210 g/mol. The molecule has 0 fully saturated rings. The topological polar surface area (TPSA) is 0 Å². The number of halogens is 1. The van der Waals surface area contributed by atoms with Crippen molar-refractivity contribution in [2.24, 2.45) is 0 Å². The van der Waals surface area contributed by atoms with Gasteiger partial charge >= 0.3 is 0 Å². The van der Waals surface area contributed by atoms with Gasteiger partial charge in [0.2, 0.25) is 0 Å². The molecule has 0 heterocycles. The van der Waals surface area contributed by atoms with Crippen molar-refractivity contribution in [2.75, 3.05) is 0 Å². The summed E-state index contributed by atoms with van der Waals surface area (Å²) in [5.41, 5.74) is 0. The van der Waals surface area contributed by atoms with Crippen LogP contribution in [0, 0.1) is 12.1 Å². The van der Waals surface area contributed by atoms with Crippen molar-refractivity contribution in [1.29, 1.82) is 0 Å². The molecular weight excluding hydrogens is 204 g/mol. The first kappa shape index (κ1) is 8.75. The summed E-state index contributed by atoms with van der Waals surface area (Å²) in [4.78, 5) is 0. The van der Waals surface area contributed by atoms with E-state index in [1.165, 1.54) is 5.39 Å². The van der Waals surface area contributed by atoms with Gasteiger partial charge in [-0.05, 0) is 46.5 Å². The number of hydrogen-bond acceptors (Lipinski definition) is 0. The number of fused-ring (bicyclic) bond motifs is 3. The van der Waals surface area contributed by atoms with Crippen LogP contribution in [0.5, 0.6) is 0 Å². The quantitative estimate of drug-likeness (QED) is 0.487. The molecule has 0 saturated heterocycles. The molecule has 15 heavy (non-hydrogen) atoms. The third-order valence-corrected chi connectivity index (χ3v) is 2.88. The molecule has 3 aromatic carbocycles. The summed E-state index contributed by atoms with van der Waals surface area (Å²) in [6.07, 6.45) is 0. The molecule has 0 aliphatic heterocycles. The second kappa shape index (κ2) is 3.25. The Morgan fingerprint density at radius 2 is 1.67 bits per heavy atom. The zero-order chi connectivity index (χ0) is 10.3. The van der Waals surface area contributed by atoms with E-state index in [9.17, 15) is 0 Å². The molecule has 0 aliphatic carbocycles. The molecule has 0 aliphatic rings. The van der Waals surface area contributed by atoms with Crippen LogP contribution in [0.2, 0.25) is 5.02 Å². The molecule has 0 aromatic heterocycles. The lowest BCUT2D eigenvalue weighted by Gasteiger charge is -2.04. The summed E-state index contributed by atoms with van der Waals surface area (Å²) in [6, 6.07) is 19.9. The highest BCUT2D eigenvalue weighted by Crippen LogP contribution is 2.30. The fraction of sp³-hybridized carbons (Fsp3) is 0. The highest BCUT2D eigenvalue weighted by molar-refractivity contribution is 6.37. The summed E-state index contributed by atoms with van der Waals surface area (Å²) >= 11 is 6.19. The van der Waals surface area contributed by atoms with Crippen LogP contribution >= 0.6 is 11.6 Å². The predicted octanol–water partition coefficient (Wildman–Crippen LogP) is 4.25. The van der Waals surface area contributed by atoms with E-state index in [0.717, 1.165) is 21.2 Å². The highest BCUT2D eigenvalue weighted by atomic mass is 35.5. The van der Waals surface area contributed by atoms with Gasteiger partial charge in [-0.2, -0.15) is 0 Å². The van der Waals surface area contributed by atoms with Crippen molar-refractivity contribution < 1.29 is 0 Å². The van der Waals surface area contributed by atoms with Crippen molar-refractivity contribution in [3.8, 4) is 0 Å². The Morgan fingerprint density at radius 3 is 2.60 bits per heavy atom. The minimum absolute atomic E-state index is 0.754. The van der Waals surface area contributed by atoms with Crippen LogP contribution in [0.4, 0.5) is 0 Å². The van der Waals surface area contributed by atoms with E-state index in [2.05, 4.69) is 24.3 Å². The van der Waals surface area contributed by atoms with E-state index >= 15 is 0 Å². The summed E-state index contributed by atoms with van der Waals surface area (Å²) in [6.45, 7) is 0. The minimum atomic E-state index is 0.754. The van der Waals surface area contributed by atoms with Crippen molar-refractivity contribution in [2.45, 2.75) is 0 Å². The maximum absolute atomic E-state index is 6.19. The van der Waals surface area contributed by atoms with Crippen LogP contribution in [0.15, 0.2) is 42.5 Å². The number of rotatable bonds is 0. The molecule has 0 atom stereocenters. The van der Waals surface area contributed by atoms with Crippen LogP contribution < -0.4 is 0 Å². The maximum Gasteiger partial charge on any atom is 0.0496 e. The summed E-state index contributed by atoms with van der Waals surface area (Å²) < 4.78 is 0. The summed E-state index contributed by atoms with van der Waals surface area (Å²) in [5, 5.41) is 5.32. The van der Waals surface area contributed by atoms with Gasteiger partial charge in [0.1, 0.15) is 0 Å². The van der Waals surface area contributed by atoms with Crippen molar-refractivity contribution >= 4 is 33.1 Å². The molecule has 0 nitrogen and oxygen atoms in total. The Bertz CT molecular complexity index is 641. The molecule has 70 valence electrons. The molecular formula is C14H7Cl. The molecule has 3 rings (SSSR count). The molecule has 3 aromatic rings. The molecule has 2 radical (unpaired) electrons. The lowest BCUT2D eigenvalue weighted by molar-refractivity contribution is 1.74. The highest BCUT2D eigenvalue weighted by Gasteiger charge is 2.02. The van der Waals surface area contributed by atoms with Gasteiger partial charge in [0.05, 0.1) is 0 Å².